The Morgan fingerprint density at radius 1 is 1.44 bits per heavy atom. The molecule has 0 aromatic heterocycles. The van der Waals surface area contributed by atoms with Crippen LogP contribution < -0.4 is 5.73 Å². The summed E-state index contributed by atoms with van der Waals surface area (Å²) in [6.07, 6.45) is 1.43. The van der Waals surface area contributed by atoms with Crippen LogP contribution in [0.5, 0.6) is 0 Å². The number of nitrogens with zero attached hydrogens (tertiary/aromatic N) is 2. The standard InChI is InChI=1S/C12H27N3O/c1-4-16-12(8-13)10-15-7-5-6-14(3)9-11(15)2/h11-12H,4-10,13H2,1-3H3. The molecule has 0 aromatic carbocycles. The van der Waals surface area contributed by atoms with E-state index >= 15 is 0 Å². The number of likely N-dealkylation sites (N-methyl/N-ethyl adjacent to an activating group) is 1. The highest BCUT2D eigenvalue weighted by Gasteiger charge is 2.22. The van der Waals surface area contributed by atoms with E-state index in [4.69, 9.17) is 10.5 Å². The summed E-state index contributed by atoms with van der Waals surface area (Å²) >= 11 is 0. The van der Waals surface area contributed by atoms with Gasteiger partial charge in [-0.25, -0.2) is 0 Å². The zero-order valence-corrected chi connectivity index (χ0v) is 11.0. The van der Waals surface area contributed by atoms with E-state index in [1.54, 1.807) is 0 Å². The van der Waals surface area contributed by atoms with Crippen LogP contribution in [0.2, 0.25) is 0 Å². The van der Waals surface area contributed by atoms with Crippen molar-refractivity contribution in [2.24, 2.45) is 5.73 Å². The van der Waals surface area contributed by atoms with Gasteiger partial charge < -0.3 is 15.4 Å². The van der Waals surface area contributed by atoms with Crippen molar-refractivity contribution in [3.63, 3.8) is 0 Å². The maximum Gasteiger partial charge on any atom is 0.0823 e. The van der Waals surface area contributed by atoms with Gasteiger partial charge in [0, 0.05) is 32.3 Å². The third kappa shape index (κ3) is 4.37. The molecule has 2 atom stereocenters. The fraction of sp³-hybridized carbons (Fsp3) is 1.00. The molecule has 1 aliphatic heterocycles. The molecule has 1 heterocycles. The summed E-state index contributed by atoms with van der Waals surface area (Å²) in [6, 6.07) is 0.599. The van der Waals surface area contributed by atoms with Gasteiger partial charge in [-0.1, -0.05) is 0 Å². The maximum absolute atomic E-state index is 5.73. The molecular weight excluding hydrogens is 202 g/mol. The second kappa shape index (κ2) is 7.22. The molecule has 16 heavy (non-hydrogen) atoms. The van der Waals surface area contributed by atoms with E-state index < -0.39 is 0 Å². The van der Waals surface area contributed by atoms with Gasteiger partial charge in [0.1, 0.15) is 0 Å². The molecule has 1 rings (SSSR count). The van der Waals surface area contributed by atoms with Gasteiger partial charge >= 0.3 is 0 Å². The molecule has 1 aliphatic rings. The van der Waals surface area contributed by atoms with Gasteiger partial charge in [0.15, 0.2) is 0 Å². The molecule has 2 unspecified atom stereocenters. The highest BCUT2D eigenvalue weighted by molar-refractivity contribution is 4.78. The second-order valence-corrected chi connectivity index (χ2v) is 4.77. The Morgan fingerprint density at radius 3 is 2.81 bits per heavy atom. The minimum Gasteiger partial charge on any atom is -0.376 e. The first-order chi connectivity index (χ1) is 7.67. The molecule has 0 saturated carbocycles. The molecular formula is C12H27N3O. The van der Waals surface area contributed by atoms with Gasteiger partial charge in [-0.2, -0.15) is 0 Å². The summed E-state index contributed by atoms with van der Waals surface area (Å²) < 4.78 is 5.63. The highest BCUT2D eigenvalue weighted by Crippen LogP contribution is 2.09. The number of hydrogen-bond donors (Lipinski definition) is 1. The first-order valence-corrected chi connectivity index (χ1v) is 6.41. The van der Waals surface area contributed by atoms with Crippen LogP contribution in [0, 0.1) is 0 Å². The predicted octanol–water partition coefficient (Wildman–Crippen LogP) is 0.376. The topological polar surface area (TPSA) is 41.7 Å². The molecule has 1 fully saturated rings. The Morgan fingerprint density at radius 2 is 2.19 bits per heavy atom. The van der Waals surface area contributed by atoms with E-state index in [-0.39, 0.29) is 6.10 Å². The molecule has 0 spiro atoms. The van der Waals surface area contributed by atoms with Gasteiger partial charge in [0.2, 0.25) is 0 Å². The van der Waals surface area contributed by atoms with Crippen LogP contribution in [0.4, 0.5) is 0 Å². The van der Waals surface area contributed by atoms with Crippen LogP contribution >= 0.6 is 0 Å². The average molecular weight is 229 g/mol. The largest absolute Gasteiger partial charge is 0.376 e. The quantitative estimate of drug-likeness (QED) is 0.740. The molecule has 96 valence electrons. The molecule has 4 heteroatoms. The van der Waals surface area contributed by atoms with Crippen LogP contribution in [0.1, 0.15) is 20.3 Å². The molecule has 0 amide bonds. The van der Waals surface area contributed by atoms with Crippen LogP contribution in [0.25, 0.3) is 0 Å². The van der Waals surface area contributed by atoms with Crippen molar-refractivity contribution in [3.8, 4) is 0 Å². The van der Waals surface area contributed by atoms with Crippen molar-refractivity contribution >= 4 is 0 Å². The average Bonchev–Trinajstić information content (AvgIpc) is 2.40. The second-order valence-electron chi connectivity index (χ2n) is 4.77. The van der Waals surface area contributed by atoms with E-state index in [0.29, 0.717) is 12.6 Å². The summed E-state index contributed by atoms with van der Waals surface area (Å²) in [5.74, 6) is 0. The Labute approximate surface area is 99.7 Å². The lowest BCUT2D eigenvalue weighted by atomic mass is 10.2. The van der Waals surface area contributed by atoms with E-state index in [2.05, 4.69) is 23.8 Å². The lowest BCUT2D eigenvalue weighted by molar-refractivity contribution is 0.0301. The SMILES string of the molecule is CCOC(CN)CN1CCCN(C)CC1C. The third-order valence-corrected chi connectivity index (χ3v) is 3.29. The third-order valence-electron chi connectivity index (χ3n) is 3.29. The molecule has 0 radical (unpaired) electrons. The summed E-state index contributed by atoms with van der Waals surface area (Å²) in [5, 5.41) is 0. The van der Waals surface area contributed by atoms with Gasteiger partial charge in [0.25, 0.3) is 0 Å². The minimum absolute atomic E-state index is 0.191. The highest BCUT2D eigenvalue weighted by atomic mass is 16.5. The van der Waals surface area contributed by atoms with Gasteiger partial charge in [-0.15, -0.1) is 0 Å². The monoisotopic (exact) mass is 229 g/mol. The number of ether oxygens (including phenoxy) is 1. The summed E-state index contributed by atoms with van der Waals surface area (Å²) in [4.78, 5) is 4.92. The first-order valence-electron chi connectivity index (χ1n) is 6.41. The van der Waals surface area contributed by atoms with Crippen molar-refractivity contribution in [1.29, 1.82) is 0 Å². The van der Waals surface area contributed by atoms with E-state index in [1.165, 1.54) is 13.0 Å². The lowest BCUT2D eigenvalue weighted by Crippen LogP contribution is -2.44. The van der Waals surface area contributed by atoms with E-state index in [9.17, 15) is 0 Å². The minimum atomic E-state index is 0.191. The zero-order chi connectivity index (χ0) is 12.0. The summed E-state index contributed by atoms with van der Waals surface area (Å²) in [6.45, 7) is 10.2. The molecule has 4 nitrogen and oxygen atoms in total. The first kappa shape index (κ1) is 13.9. The number of nitrogens with two attached hydrogens (primary N) is 1. The summed E-state index contributed by atoms with van der Waals surface area (Å²) in [7, 11) is 2.20. The Bertz CT molecular complexity index is 189. The molecule has 0 aromatic rings. The number of hydrogen-bond acceptors (Lipinski definition) is 4. The maximum atomic E-state index is 5.73. The lowest BCUT2D eigenvalue weighted by Gasteiger charge is -2.30. The normalized spacial score (nSPS) is 26.6. The van der Waals surface area contributed by atoms with E-state index in [1.807, 2.05) is 6.92 Å². The molecule has 2 N–H and O–H groups in total. The Kier molecular flexibility index (Phi) is 6.28. The molecule has 0 aliphatic carbocycles. The van der Waals surface area contributed by atoms with Crippen LogP contribution in [0.15, 0.2) is 0 Å². The van der Waals surface area contributed by atoms with Crippen LogP contribution in [-0.4, -0.2) is 68.3 Å². The van der Waals surface area contributed by atoms with Crippen molar-refractivity contribution in [3.05, 3.63) is 0 Å². The predicted molar refractivity (Wildman–Crippen MR) is 67.6 cm³/mol. The Balaban J connectivity index is 2.44. The van der Waals surface area contributed by atoms with Gasteiger partial charge in [-0.05, 0) is 40.4 Å². The zero-order valence-electron chi connectivity index (χ0n) is 11.0. The van der Waals surface area contributed by atoms with Crippen molar-refractivity contribution in [1.82, 2.24) is 9.80 Å². The van der Waals surface area contributed by atoms with Crippen molar-refractivity contribution in [2.45, 2.75) is 32.4 Å². The smallest absolute Gasteiger partial charge is 0.0823 e. The Hall–Kier alpha value is -0.160. The van der Waals surface area contributed by atoms with E-state index in [0.717, 1.165) is 26.2 Å². The van der Waals surface area contributed by atoms with Gasteiger partial charge in [0.05, 0.1) is 6.10 Å². The number of rotatable bonds is 5. The van der Waals surface area contributed by atoms with Crippen molar-refractivity contribution < 1.29 is 4.74 Å². The molecule has 1 saturated heterocycles. The van der Waals surface area contributed by atoms with Crippen LogP contribution in [0.3, 0.4) is 0 Å². The fourth-order valence-corrected chi connectivity index (χ4v) is 2.39. The molecule has 0 bridgehead atoms. The van der Waals surface area contributed by atoms with Crippen molar-refractivity contribution in [2.75, 3.05) is 46.4 Å². The van der Waals surface area contributed by atoms with Crippen LogP contribution in [-0.2, 0) is 4.74 Å². The summed E-state index contributed by atoms with van der Waals surface area (Å²) in [5.41, 5.74) is 5.73. The fourth-order valence-electron chi connectivity index (χ4n) is 2.39. The van der Waals surface area contributed by atoms with Gasteiger partial charge in [-0.3, -0.25) is 4.90 Å².